The Hall–Kier alpha value is -2.45. The molecule has 0 aliphatic carbocycles. The van der Waals surface area contributed by atoms with Crippen molar-refractivity contribution in [2.45, 2.75) is 32.2 Å². The van der Waals surface area contributed by atoms with Crippen LogP contribution in [0.4, 0.5) is 5.69 Å². The van der Waals surface area contributed by atoms with Gasteiger partial charge in [0.2, 0.25) is 23.2 Å². The molecule has 148 valence electrons. The van der Waals surface area contributed by atoms with Gasteiger partial charge in [-0.3, -0.25) is 9.69 Å². The highest BCUT2D eigenvalue weighted by Crippen LogP contribution is 2.43. The summed E-state index contributed by atoms with van der Waals surface area (Å²) in [5.41, 5.74) is 3.93. The Morgan fingerprint density at radius 3 is 2.66 bits per heavy atom. The lowest BCUT2D eigenvalue weighted by molar-refractivity contribution is -0.118. The van der Waals surface area contributed by atoms with E-state index in [4.69, 9.17) is 4.74 Å². The molecule has 29 heavy (non-hydrogen) atoms. The zero-order valence-electron chi connectivity index (χ0n) is 16.2. The number of rotatable bonds is 3. The number of carbonyl (C=O) groups excluding carboxylic acids is 1. The molecule has 6 nitrogen and oxygen atoms in total. The van der Waals surface area contributed by atoms with Gasteiger partial charge in [-0.2, -0.15) is 4.98 Å². The summed E-state index contributed by atoms with van der Waals surface area (Å²) < 4.78 is 7.28. The summed E-state index contributed by atoms with van der Waals surface area (Å²) in [4.78, 5) is 19.0. The minimum atomic E-state index is -0.667. The van der Waals surface area contributed by atoms with E-state index < -0.39 is 6.23 Å². The first kappa shape index (κ1) is 19.8. The van der Waals surface area contributed by atoms with Gasteiger partial charge < -0.3 is 4.74 Å². The molecule has 1 aliphatic heterocycles. The second kappa shape index (κ2) is 8.12. The summed E-state index contributed by atoms with van der Waals surface area (Å²) in [6.07, 6.45) is -0.667. The molecule has 0 saturated carbocycles. The van der Waals surface area contributed by atoms with E-state index in [0.717, 1.165) is 32.6 Å². The third-order valence-corrected chi connectivity index (χ3v) is 5.78. The lowest BCUT2D eigenvalue weighted by Gasteiger charge is -2.30. The number of thioether (sulfide) groups is 1. The molecule has 1 aromatic heterocycles. The Labute approximate surface area is 181 Å². The molecule has 3 aromatic rings. The molecule has 0 saturated heterocycles. The van der Waals surface area contributed by atoms with Crippen LogP contribution in [-0.4, -0.2) is 26.8 Å². The van der Waals surface area contributed by atoms with Crippen molar-refractivity contribution in [3.05, 3.63) is 58.1 Å². The Morgan fingerprint density at radius 1 is 1.21 bits per heavy atom. The van der Waals surface area contributed by atoms with Crippen molar-refractivity contribution in [3.8, 4) is 17.1 Å². The maximum absolute atomic E-state index is 12.7. The van der Waals surface area contributed by atoms with E-state index in [9.17, 15) is 4.79 Å². The second-order valence-electron chi connectivity index (χ2n) is 6.61. The van der Waals surface area contributed by atoms with Gasteiger partial charge >= 0.3 is 0 Å². The summed E-state index contributed by atoms with van der Waals surface area (Å²) >= 11 is 4.95. The van der Waals surface area contributed by atoms with Gasteiger partial charge in [-0.15, -0.1) is 10.2 Å². The normalized spacial score (nSPS) is 15.2. The van der Waals surface area contributed by atoms with Crippen LogP contribution in [0.25, 0.3) is 11.3 Å². The minimum absolute atomic E-state index is 0.132. The summed E-state index contributed by atoms with van der Waals surface area (Å²) in [5, 5.41) is 9.20. The highest BCUT2D eigenvalue weighted by Gasteiger charge is 2.34. The average Bonchev–Trinajstić information content (AvgIpc) is 2.83. The van der Waals surface area contributed by atoms with Crippen LogP contribution >= 0.6 is 27.7 Å². The van der Waals surface area contributed by atoms with Crippen LogP contribution in [0.5, 0.6) is 5.88 Å². The molecule has 0 radical (unpaired) electrons. The van der Waals surface area contributed by atoms with E-state index in [1.54, 1.807) is 4.90 Å². The summed E-state index contributed by atoms with van der Waals surface area (Å²) in [6.45, 7) is 5.56. The zero-order valence-corrected chi connectivity index (χ0v) is 18.6. The predicted octanol–water partition coefficient (Wildman–Crippen LogP) is 5.17. The summed E-state index contributed by atoms with van der Waals surface area (Å²) in [7, 11) is 0. The van der Waals surface area contributed by atoms with E-state index in [-0.39, 0.29) is 5.91 Å². The molecule has 0 spiro atoms. The Balaban J connectivity index is 1.96. The molecule has 1 amide bonds. The number of halogens is 1. The third-order valence-electron chi connectivity index (χ3n) is 4.53. The van der Waals surface area contributed by atoms with Gasteiger partial charge in [-0.1, -0.05) is 58.4 Å². The Kier molecular flexibility index (Phi) is 5.56. The standard InChI is InChI=1S/C21H19BrN4O2S/c1-4-29-21-23-19-18(24-25-21)16-11-12(2)5-10-17(16)26(13(3)27)20(28-19)14-6-8-15(22)9-7-14/h5-11,20H,4H2,1-3H3. The number of hydrogen-bond donors (Lipinski definition) is 0. The summed E-state index contributed by atoms with van der Waals surface area (Å²) in [6, 6.07) is 13.6. The molecule has 0 N–H and O–H groups in total. The number of ether oxygens (including phenoxy) is 1. The number of aryl methyl sites for hydroxylation is 1. The number of amides is 1. The van der Waals surface area contributed by atoms with Crippen LogP contribution < -0.4 is 9.64 Å². The number of aromatic nitrogens is 3. The Morgan fingerprint density at radius 2 is 1.97 bits per heavy atom. The SMILES string of the molecule is CCSc1nnc2c(n1)OC(c1ccc(Br)cc1)N(C(C)=O)c1ccc(C)cc1-2. The third kappa shape index (κ3) is 3.86. The lowest BCUT2D eigenvalue weighted by atomic mass is 10.0. The van der Waals surface area contributed by atoms with E-state index >= 15 is 0 Å². The van der Waals surface area contributed by atoms with Crippen molar-refractivity contribution >= 4 is 39.3 Å². The number of anilines is 1. The fourth-order valence-electron chi connectivity index (χ4n) is 3.25. The average molecular weight is 471 g/mol. The maximum atomic E-state index is 12.7. The van der Waals surface area contributed by atoms with Crippen molar-refractivity contribution in [2.75, 3.05) is 10.7 Å². The van der Waals surface area contributed by atoms with Crippen molar-refractivity contribution in [2.24, 2.45) is 0 Å². The number of fused-ring (bicyclic) bond motifs is 3. The quantitative estimate of drug-likeness (QED) is 0.492. The molecule has 0 bridgehead atoms. The maximum Gasteiger partial charge on any atom is 0.247 e. The van der Waals surface area contributed by atoms with Gasteiger partial charge in [0.05, 0.1) is 5.69 Å². The van der Waals surface area contributed by atoms with Crippen LogP contribution in [0.1, 0.15) is 31.2 Å². The first-order valence-electron chi connectivity index (χ1n) is 9.18. The fourth-order valence-corrected chi connectivity index (χ4v) is 4.02. The number of nitrogens with zero attached hydrogens (tertiary/aromatic N) is 4. The zero-order chi connectivity index (χ0) is 20.5. The molecular formula is C21H19BrN4O2S. The molecular weight excluding hydrogens is 452 g/mol. The van der Waals surface area contributed by atoms with Crippen molar-refractivity contribution in [1.82, 2.24) is 15.2 Å². The topological polar surface area (TPSA) is 68.2 Å². The van der Waals surface area contributed by atoms with Crippen LogP contribution in [-0.2, 0) is 4.79 Å². The minimum Gasteiger partial charge on any atom is -0.447 e. The monoisotopic (exact) mass is 470 g/mol. The van der Waals surface area contributed by atoms with Crippen LogP contribution in [0.2, 0.25) is 0 Å². The molecule has 0 fully saturated rings. The van der Waals surface area contributed by atoms with Crippen molar-refractivity contribution in [1.29, 1.82) is 0 Å². The van der Waals surface area contributed by atoms with E-state index in [0.29, 0.717) is 16.7 Å². The molecule has 4 rings (SSSR count). The van der Waals surface area contributed by atoms with Crippen LogP contribution in [0.15, 0.2) is 52.1 Å². The smallest absolute Gasteiger partial charge is 0.247 e. The van der Waals surface area contributed by atoms with Crippen molar-refractivity contribution in [3.63, 3.8) is 0 Å². The van der Waals surface area contributed by atoms with Gasteiger partial charge in [0.1, 0.15) is 0 Å². The molecule has 1 atom stereocenters. The second-order valence-corrected chi connectivity index (χ2v) is 8.76. The molecule has 2 aromatic carbocycles. The van der Waals surface area contributed by atoms with Crippen LogP contribution in [0, 0.1) is 6.92 Å². The predicted molar refractivity (Wildman–Crippen MR) is 117 cm³/mol. The molecule has 8 heteroatoms. The summed E-state index contributed by atoms with van der Waals surface area (Å²) in [5.74, 6) is 1.07. The lowest BCUT2D eigenvalue weighted by Crippen LogP contribution is -2.36. The van der Waals surface area contributed by atoms with Gasteiger partial charge in [0.15, 0.2) is 5.69 Å². The van der Waals surface area contributed by atoms with Gasteiger partial charge in [-0.25, -0.2) is 0 Å². The molecule has 1 aliphatic rings. The highest BCUT2D eigenvalue weighted by molar-refractivity contribution is 9.10. The fraction of sp³-hybridized carbons (Fsp3) is 0.238. The number of hydrogen-bond acceptors (Lipinski definition) is 6. The van der Waals surface area contributed by atoms with Gasteiger partial charge in [0, 0.05) is 22.5 Å². The number of carbonyl (C=O) groups is 1. The largest absolute Gasteiger partial charge is 0.447 e. The Bertz CT molecular complexity index is 1070. The highest BCUT2D eigenvalue weighted by atomic mass is 79.9. The van der Waals surface area contributed by atoms with Gasteiger partial charge in [0.25, 0.3) is 0 Å². The molecule has 2 heterocycles. The van der Waals surface area contributed by atoms with Gasteiger partial charge in [-0.05, 0) is 36.9 Å². The van der Waals surface area contributed by atoms with E-state index in [2.05, 4.69) is 31.1 Å². The van der Waals surface area contributed by atoms with E-state index in [1.807, 2.05) is 56.3 Å². The first-order valence-corrected chi connectivity index (χ1v) is 11.0. The van der Waals surface area contributed by atoms with E-state index in [1.165, 1.54) is 18.7 Å². The van der Waals surface area contributed by atoms with Crippen LogP contribution in [0.3, 0.4) is 0 Å². The van der Waals surface area contributed by atoms with Crippen molar-refractivity contribution < 1.29 is 9.53 Å². The molecule has 1 unspecified atom stereocenters. The number of benzene rings is 2. The first-order chi connectivity index (χ1) is 14.0.